The summed E-state index contributed by atoms with van der Waals surface area (Å²) in [5.41, 5.74) is -0.318. The van der Waals surface area contributed by atoms with Gasteiger partial charge < -0.3 is 54.5 Å². The van der Waals surface area contributed by atoms with Crippen molar-refractivity contribution in [2.75, 3.05) is 27.3 Å². The number of benzene rings is 1. The molecule has 0 bridgehead atoms. The molecule has 2 aliphatic rings. The Morgan fingerprint density at radius 3 is 2.09 bits per heavy atom. The van der Waals surface area contributed by atoms with E-state index in [9.17, 15) is 34.7 Å². The van der Waals surface area contributed by atoms with Gasteiger partial charge in [-0.2, -0.15) is 0 Å². The lowest BCUT2D eigenvalue weighted by Gasteiger charge is -2.42. The molecule has 12 nitrogen and oxygen atoms in total. The largest absolute Gasteiger partial charge is 0.450 e. The average Bonchev–Trinajstić information content (AvgIpc) is 2.83. The Labute approximate surface area is 214 Å². The van der Waals surface area contributed by atoms with Gasteiger partial charge in [0.1, 0.15) is 54.1 Å². The minimum Gasteiger partial charge on any atom is -0.450 e. The zero-order valence-electron chi connectivity index (χ0n) is 18.9. The van der Waals surface area contributed by atoms with Crippen molar-refractivity contribution in [3.8, 4) is 0 Å². The molecule has 1 aromatic rings. The van der Waals surface area contributed by atoms with Crippen LogP contribution in [0.5, 0.6) is 0 Å². The van der Waals surface area contributed by atoms with Gasteiger partial charge in [-0.3, -0.25) is 0 Å². The summed E-state index contributed by atoms with van der Waals surface area (Å²) in [6.07, 6.45) is -13.4. The first-order chi connectivity index (χ1) is 16.6. The number of aliphatic hydroxyl groups excluding tert-OH is 5. The molecular weight excluding hydrogens is 588 g/mol. The highest BCUT2D eigenvalue weighted by Crippen LogP contribution is 2.27. The van der Waals surface area contributed by atoms with Crippen molar-refractivity contribution in [1.29, 1.82) is 0 Å². The number of carbonyl (C=O) groups excluding carboxylic acids is 1. The van der Waals surface area contributed by atoms with Gasteiger partial charge in [0.25, 0.3) is 0 Å². The molecule has 0 aliphatic carbocycles. The summed E-state index contributed by atoms with van der Waals surface area (Å²) >= 11 is 1.77. The standard InChI is InChI=1S/C21H29FINO11/c1-31-20-17(29)15(27)13(25)10(33-20)6-24-7-11-14(26)16(28)18(21(32-2)34-11)35-19(30)12-8(22)4-3-5-9(12)23/h3-5,10-11,13-18,20-21,24-29H,6-7H2,1-2H3/t10-,11-,13-,14-,15+,16+,17+,18-,20+,21+/m1/s1. The van der Waals surface area contributed by atoms with Gasteiger partial charge in [0.05, 0.1) is 0 Å². The maximum Gasteiger partial charge on any atom is 0.342 e. The van der Waals surface area contributed by atoms with Gasteiger partial charge in [-0.25, -0.2) is 9.18 Å². The Kier molecular flexibility index (Phi) is 10.2. The zero-order chi connectivity index (χ0) is 25.9. The number of hydrogen-bond acceptors (Lipinski definition) is 12. The second-order valence-corrected chi connectivity index (χ2v) is 9.30. The lowest BCUT2D eigenvalue weighted by molar-refractivity contribution is -0.292. The third kappa shape index (κ3) is 6.27. The number of aliphatic hydroxyl groups is 5. The molecule has 0 amide bonds. The third-order valence-electron chi connectivity index (χ3n) is 5.88. The molecule has 35 heavy (non-hydrogen) atoms. The summed E-state index contributed by atoms with van der Waals surface area (Å²) in [4.78, 5) is 12.6. The summed E-state index contributed by atoms with van der Waals surface area (Å²) in [5, 5.41) is 54.0. The molecule has 0 aromatic heterocycles. The number of esters is 1. The molecule has 6 N–H and O–H groups in total. The van der Waals surface area contributed by atoms with Gasteiger partial charge >= 0.3 is 5.97 Å². The predicted octanol–water partition coefficient (Wildman–Crippen LogP) is -1.91. The maximum absolute atomic E-state index is 14.1. The Bertz CT molecular complexity index is 842. The summed E-state index contributed by atoms with van der Waals surface area (Å²) < 4.78 is 40.9. The monoisotopic (exact) mass is 617 g/mol. The van der Waals surface area contributed by atoms with Gasteiger partial charge in [-0.05, 0) is 34.7 Å². The number of carbonyl (C=O) groups is 1. The maximum atomic E-state index is 14.1. The van der Waals surface area contributed by atoms with Crippen molar-refractivity contribution < 1.29 is 58.4 Å². The van der Waals surface area contributed by atoms with E-state index in [2.05, 4.69) is 5.32 Å². The fourth-order valence-electron chi connectivity index (χ4n) is 3.91. The number of nitrogens with one attached hydrogen (secondary N) is 1. The summed E-state index contributed by atoms with van der Waals surface area (Å²) in [5.74, 6) is -1.85. The third-order valence-corrected chi connectivity index (χ3v) is 6.78. The van der Waals surface area contributed by atoms with Crippen LogP contribution in [-0.4, -0.2) is 120 Å². The Morgan fingerprint density at radius 1 is 0.943 bits per heavy atom. The molecule has 0 spiro atoms. The van der Waals surface area contributed by atoms with E-state index in [1.54, 1.807) is 22.6 Å². The van der Waals surface area contributed by atoms with Gasteiger partial charge in [0.2, 0.25) is 0 Å². The Morgan fingerprint density at radius 2 is 1.51 bits per heavy atom. The van der Waals surface area contributed by atoms with E-state index in [0.29, 0.717) is 3.57 Å². The number of rotatable bonds is 8. The molecule has 10 atom stereocenters. The fraction of sp³-hybridized carbons (Fsp3) is 0.667. The van der Waals surface area contributed by atoms with Crippen molar-refractivity contribution in [3.63, 3.8) is 0 Å². The van der Waals surface area contributed by atoms with Gasteiger partial charge in [0.15, 0.2) is 18.7 Å². The first-order valence-electron chi connectivity index (χ1n) is 10.7. The van der Waals surface area contributed by atoms with Crippen LogP contribution in [0, 0.1) is 9.39 Å². The van der Waals surface area contributed by atoms with E-state index in [4.69, 9.17) is 23.7 Å². The first-order valence-corrected chi connectivity index (χ1v) is 11.8. The number of ether oxygens (including phenoxy) is 5. The zero-order valence-corrected chi connectivity index (χ0v) is 21.0. The van der Waals surface area contributed by atoms with E-state index in [1.807, 2.05) is 0 Å². The number of halogens is 2. The van der Waals surface area contributed by atoms with Crippen LogP contribution < -0.4 is 5.32 Å². The van der Waals surface area contributed by atoms with Gasteiger partial charge in [-0.15, -0.1) is 0 Å². The van der Waals surface area contributed by atoms with Crippen molar-refractivity contribution in [3.05, 3.63) is 33.1 Å². The second kappa shape index (κ2) is 12.5. The first kappa shape index (κ1) is 28.5. The molecule has 0 unspecified atom stereocenters. The van der Waals surface area contributed by atoms with Crippen LogP contribution in [0.15, 0.2) is 18.2 Å². The van der Waals surface area contributed by atoms with Crippen LogP contribution in [0.1, 0.15) is 10.4 Å². The highest BCUT2D eigenvalue weighted by molar-refractivity contribution is 14.1. The van der Waals surface area contributed by atoms with E-state index in [0.717, 1.165) is 6.07 Å². The molecular formula is C21H29FINO11. The molecule has 2 fully saturated rings. The summed E-state index contributed by atoms with van der Waals surface area (Å²) in [7, 11) is 2.52. The van der Waals surface area contributed by atoms with Crippen LogP contribution in [0.3, 0.4) is 0 Å². The second-order valence-electron chi connectivity index (χ2n) is 8.14. The lowest BCUT2D eigenvalue weighted by Crippen LogP contribution is -2.63. The smallest absolute Gasteiger partial charge is 0.342 e. The summed E-state index contributed by atoms with van der Waals surface area (Å²) in [6, 6.07) is 4.04. The van der Waals surface area contributed by atoms with Crippen molar-refractivity contribution in [2.24, 2.45) is 0 Å². The molecule has 2 aliphatic heterocycles. The lowest BCUT2D eigenvalue weighted by atomic mass is 9.97. The van der Waals surface area contributed by atoms with Crippen molar-refractivity contribution >= 4 is 28.6 Å². The van der Waals surface area contributed by atoms with Gasteiger partial charge in [0, 0.05) is 30.9 Å². The minimum absolute atomic E-state index is 0.0325. The summed E-state index contributed by atoms with van der Waals surface area (Å²) in [6.45, 7) is -0.0951. The normalized spacial score (nSPS) is 37.7. The Balaban J connectivity index is 1.60. The topological polar surface area (TPSA) is 176 Å². The molecule has 3 rings (SSSR count). The SMILES string of the molecule is CO[C@H]1O[C@H](CNC[C@H]2O[C@H](OC)[C@H](OC(=O)c3c(F)cccc3I)[C@@H](O)[C@@H]2O)[C@@H](O)[C@H](O)[C@@H]1O. The minimum atomic E-state index is -1.62. The predicted molar refractivity (Wildman–Crippen MR) is 123 cm³/mol. The highest BCUT2D eigenvalue weighted by atomic mass is 127. The van der Waals surface area contributed by atoms with Crippen LogP contribution in [0.2, 0.25) is 0 Å². The number of methoxy groups -OCH3 is 2. The molecule has 2 heterocycles. The van der Waals surface area contributed by atoms with E-state index in [-0.39, 0.29) is 18.7 Å². The molecule has 198 valence electrons. The molecule has 0 saturated carbocycles. The molecule has 0 radical (unpaired) electrons. The van der Waals surface area contributed by atoms with E-state index in [1.165, 1.54) is 26.4 Å². The quantitative estimate of drug-likeness (QED) is 0.141. The number of hydrogen-bond donors (Lipinski definition) is 6. The van der Waals surface area contributed by atoms with Crippen molar-refractivity contribution in [2.45, 2.75) is 61.4 Å². The van der Waals surface area contributed by atoms with Crippen LogP contribution in [0.25, 0.3) is 0 Å². The van der Waals surface area contributed by atoms with E-state index >= 15 is 0 Å². The van der Waals surface area contributed by atoms with Gasteiger partial charge in [-0.1, -0.05) is 6.07 Å². The Hall–Kier alpha value is -1.05. The molecule has 2 saturated heterocycles. The van der Waals surface area contributed by atoms with E-state index < -0.39 is 73.2 Å². The average molecular weight is 617 g/mol. The van der Waals surface area contributed by atoms with Crippen LogP contribution in [0.4, 0.5) is 4.39 Å². The highest BCUT2D eigenvalue weighted by Gasteiger charge is 2.48. The molecule has 1 aromatic carbocycles. The fourth-order valence-corrected chi connectivity index (χ4v) is 4.60. The molecule has 14 heteroatoms. The van der Waals surface area contributed by atoms with Crippen LogP contribution >= 0.6 is 22.6 Å². The van der Waals surface area contributed by atoms with Crippen molar-refractivity contribution in [1.82, 2.24) is 5.32 Å². The van der Waals surface area contributed by atoms with Crippen LogP contribution in [-0.2, 0) is 23.7 Å².